The Bertz CT molecular complexity index is 5060. The third kappa shape index (κ3) is 18.6. The van der Waals surface area contributed by atoms with Crippen LogP contribution in [0.1, 0.15) is 90.9 Å². The number of anilines is 17. The van der Waals surface area contributed by atoms with E-state index in [1.54, 1.807) is 68.0 Å². The van der Waals surface area contributed by atoms with Crippen LogP contribution < -0.4 is 97.1 Å². The minimum atomic E-state index is 0.198. The van der Waals surface area contributed by atoms with Gasteiger partial charge in [0.1, 0.15) is 11.6 Å². The molecule has 0 unspecified atom stereocenters. The lowest BCUT2D eigenvalue weighted by Crippen LogP contribution is -2.31. The number of nitrogen functional groups attached to an aromatic ring is 4. The first-order chi connectivity index (χ1) is 56.4. The molecule has 115 heavy (non-hydrogen) atoms. The van der Waals surface area contributed by atoms with Crippen LogP contribution in [0.5, 0.6) is 34.5 Å². The molecular weight excluding hydrogens is 1470 g/mol. The quantitative estimate of drug-likeness (QED) is 0.0331. The first kappa shape index (κ1) is 76.3. The van der Waals surface area contributed by atoms with Crippen LogP contribution in [0.2, 0.25) is 0 Å². The molecule has 6 aliphatic heterocycles. The number of nitrogens with zero attached hydrogens (tertiary/aromatic N) is 25. The zero-order chi connectivity index (χ0) is 79.0. The number of rotatable bonds is 21. The van der Waals surface area contributed by atoms with Gasteiger partial charge in [-0.1, -0.05) is 0 Å². The fraction of sp³-hybridized carbons (Fsp3) is 0.368. The number of ether oxygens (including phenoxy) is 6. The molecule has 0 atom stereocenters. The number of nitrogens with two attached hydrogens (primary N) is 4. The molecule has 39 nitrogen and oxygen atoms in total. The van der Waals surface area contributed by atoms with Gasteiger partial charge in [-0.3, -0.25) is 0 Å². The Balaban J connectivity index is 0.000000121. The molecule has 0 saturated carbocycles. The first-order valence-corrected chi connectivity index (χ1v) is 38.6. The molecule has 12 N–H and O–H groups in total. The van der Waals surface area contributed by atoms with Crippen LogP contribution >= 0.6 is 0 Å². The second-order valence-corrected chi connectivity index (χ2v) is 27.3. The van der Waals surface area contributed by atoms with Crippen molar-refractivity contribution in [3.63, 3.8) is 0 Å². The molecule has 6 aliphatic rings. The van der Waals surface area contributed by atoms with E-state index in [1.807, 2.05) is 66.7 Å². The van der Waals surface area contributed by atoms with Gasteiger partial charge in [0.25, 0.3) is 11.9 Å². The number of methoxy groups -OCH3 is 2. The van der Waals surface area contributed by atoms with Crippen molar-refractivity contribution < 1.29 is 28.4 Å². The van der Waals surface area contributed by atoms with Crippen molar-refractivity contribution in [3.05, 3.63) is 128 Å². The van der Waals surface area contributed by atoms with Crippen LogP contribution in [0.15, 0.2) is 128 Å². The van der Waals surface area contributed by atoms with Crippen molar-refractivity contribution in [1.82, 2.24) is 98.9 Å². The second-order valence-electron chi connectivity index (χ2n) is 27.3. The molecule has 0 bridgehead atoms. The highest BCUT2D eigenvalue weighted by molar-refractivity contribution is 5.65. The largest absolute Gasteiger partial charge is 0.493 e. The lowest BCUT2D eigenvalue weighted by atomic mass is 10.1. The molecule has 4 aromatic carbocycles. The summed E-state index contributed by atoms with van der Waals surface area (Å²) < 4.78 is 37.9. The average Bonchev–Trinajstić information content (AvgIpc) is 1.49. The van der Waals surface area contributed by atoms with Crippen LogP contribution in [-0.2, 0) is 0 Å². The minimum absolute atomic E-state index is 0.198. The van der Waals surface area contributed by atoms with E-state index >= 15 is 0 Å². The number of fused-ring (bicyclic) bond motifs is 2. The van der Waals surface area contributed by atoms with Crippen LogP contribution in [0.4, 0.5) is 99.6 Å². The summed E-state index contributed by atoms with van der Waals surface area (Å²) in [5.41, 5.74) is 28.7. The number of benzene rings is 4. The fourth-order valence-corrected chi connectivity index (χ4v) is 13.8. The summed E-state index contributed by atoms with van der Waals surface area (Å²) in [4.78, 5) is 64.4. The first-order valence-electron chi connectivity index (χ1n) is 38.6. The van der Waals surface area contributed by atoms with Gasteiger partial charge in [0, 0.05) is 149 Å². The molecule has 12 aromatic rings. The summed E-state index contributed by atoms with van der Waals surface area (Å²) in [6, 6.07) is 32.1. The topological polar surface area (TPSA) is 450 Å². The monoisotopic (exact) mass is 1560 g/mol. The van der Waals surface area contributed by atoms with Crippen molar-refractivity contribution in [2.75, 3.05) is 162 Å². The molecule has 0 aliphatic carbocycles. The summed E-state index contributed by atoms with van der Waals surface area (Å²) in [5, 5.41) is 30.4. The number of piperidine rings is 4. The maximum Gasteiger partial charge on any atom is 0.255 e. The predicted molar refractivity (Wildman–Crippen MR) is 438 cm³/mol. The van der Waals surface area contributed by atoms with Crippen LogP contribution in [0.3, 0.4) is 0 Å². The molecule has 4 fully saturated rings. The van der Waals surface area contributed by atoms with Crippen molar-refractivity contribution in [1.29, 1.82) is 0 Å². The van der Waals surface area contributed by atoms with E-state index in [2.05, 4.69) is 152 Å². The summed E-state index contributed by atoms with van der Waals surface area (Å²) in [7, 11) is 3.17. The molecule has 18 rings (SSSR count). The van der Waals surface area contributed by atoms with Gasteiger partial charge in [0.05, 0.1) is 14.2 Å². The van der Waals surface area contributed by atoms with E-state index in [0.717, 1.165) is 118 Å². The second kappa shape index (κ2) is 36.0. The third-order valence-corrected chi connectivity index (χ3v) is 19.6. The van der Waals surface area contributed by atoms with Gasteiger partial charge < -0.3 is 97.1 Å². The summed E-state index contributed by atoms with van der Waals surface area (Å²) in [6.07, 6.45) is 21.3. The lowest BCUT2D eigenvalue weighted by molar-refractivity contribution is 0.173. The Labute approximate surface area is 662 Å². The van der Waals surface area contributed by atoms with E-state index < -0.39 is 0 Å². The maximum absolute atomic E-state index is 6.12. The molecule has 0 spiro atoms. The zero-order valence-corrected chi connectivity index (χ0v) is 64.5. The molecule has 8 aromatic heterocycles. The van der Waals surface area contributed by atoms with Crippen LogP contribution in [-0.4, -0.2) is 192 Å². The molecule has 4 saturated heterocycles. The highest BCUT2D eigenvalue weighted by Gasteiger charge is 2.24. The van der Waals surface area contributed by atoms with Crippen molar-refractivity contribution in [2.45, 2.75) is 90.9 Å². The van der Waals surface area contributed by atoms with Gasteiger partial charge in [0.15, 0.2) is 46.1 Å². The SMILES string of the molecule is CCN(CC)c1ccc(Nc2nc(N)n(-c3ccnc(N4CCCCC4)n3)n2)cc1.COc1ccc(Nc2nc(N)n(-c3nccc(N4CCCCC4)n3)n2)cc1OC.Nc1nc(Nc2ccc3c(c2)OCO3)nn1-c1ccnc(N2CCCCC2)n1.Nc1nc(Nc2ccc3c(c2)OCO3)nn1-c1nccc(N2CCCCC2)n1. The number of hydrogen-bond donors (Lipinski definition) is 8. The average molecular weight is 1560 g/mol. The van der Waals surface area contributed by atoms with Gasteiger partial charge in [-0.05, 0) is 164 Å². The van der Waals surface area contributed by atoms with Crippen molar-refractivity contribution in [3.8, 4) is 58.0 Å². The normalized spacial score (nSPS) is 14.8. The molecule has 0 radical (unpaired) electrons. The van der Waals surface area contributed by atoms with Crippen LogP contribution in [0.25, 0.3) is 23.5 Å². The Morgan fingerprint density at radius 2 is 0.670 bits per heavy atom. The number of nitrogens with one attached hydrogen (secondary N) is 4. The molecule has 39 heteroatoms. The maximum atomic E-state index is 6.12. The van der Waals surface area contributed by atoms with Crippen LogP contribution in [0, 0.1) is 0 Å². The van der Waals surface area contributed by atoms with Crippen molar-refractivity contribution in [2.24, 2.45) is 0 Å². The smallest absolute Gasteiger partial charge is 0.255 e. The Hall–Kier alpha value is -14.0. The van der Waals surface area contributed by atoms with E-state index in [4.69, 9.17) is 51.4 Å². The number of aromatic nitrogens is 20. The summed E-state index contributed by atoms with van der Waals surface area (Å²) in [5.74, 6) is 11.6. The number of hydrogen-bond acceptors (Lipinski definition) is 35. The van der Waals surface area contributed by atoms with Gasteiger partial charge in [-0.15, -0.1) is 20.4 Å². The van der Waals surface area contributed by atoms with Crippen molar-refractivity contribution >= 4 is 99.6 Å². The Morgan fingerprint density at radius 1 is 0.339 bits per heavy atom. The molecule has 14 heterocycles. The summed E-state index contributed by atoms with van der Waals surface area (Å²) >= 11 is 0. The lowest BCUT2D eigenvalue weighted by Gasteiger charge is -2.27. The van der Waals surface area contributed by atoms with E-state index in [0.29, 0.717) is 88.0 Å². The predicted octanol–water partition coefficient (Wildman–Crippen LogP) is 9.81. The highest BCUT2D eigenvalue weighted by Crippen LogP contribution is 2.38. The van der Waals surface area contributed by atoms with E-state index in [9.17, 15) is 0 Å². The molecule has 598 valence electrons. The Morgan fingerprint density at radius 3 is 1.08 bits per heavy atom. The van der Waals surface area contributed by atoms with Gasteiger partial charge >= 0.3 is 0 Å². The standard InChI is InChI=1S/C21H29N9.C19H24N8O2.2C18H20N8O2/c1-3-28(4-2)17-10-8-16(9-11-17)24-20-26-19(22)30(27-20)18-12-13-23-21(25-18)29-14-6-5-7-15-29;1-28-14-7-6-13(12-15(14)29-2)22-18-24-17(20)27(25-18)19-21-9-8-16(23-19)26-10-4-3-5-11-26;19-16-23-17(21-12-4-5-13-14(10-12)28-11-27-13)24-26(16)15-6-7-20-18(22-15)25-8-2-1-3-9-25;19-16-23-17(21-12-4-5-13-14(10-12)28-11-27-13)24-26(16)18-20-7-6-15(22-18)25-8-2-1-3-9-25/h8-13H,3-7,14-15H2,1-2H3,(H3,22,24,26,27);6-9,12H,3-5,10-11H2,1-2H3,(H3,20,22,24,25);2*4-7,10H,1-3,8-9,11H2,(H3,19,21,23,24). The van der Waals surface area contributed by atoms with E-state index in [-0.39, 0.29) is 37.4 Å². The minimum Gasteiger partial charge on any atom is -0.493 e. The van der Waals surface area contributed by atoms with Gasteiger partial charge in [-0.25, -0.2) is 19.9 Å². The molecule has 0 amide bonds. The fourth-order valence-electron chi connectivity index (χ4n) is 13.8. The third-order valence-electron chi connectivity index (χ3n) is 19.6. The van der Waals surface area contributed by atoms with Gasteiger partial charge in [0.2, 0.25) is 73.1 Å². The van der Waals surface area contributed by atoms with Gasteiger partial charge in [-0.2, -0.15) is 58.6 Å². The van der Waals surface area contributed by atoms with E-state index in [1.165, 1.54) is 83.9 Å². The zero-order valence-electron chi connectivity index (χ0n) is 64.5. The highest BCUT2D eigenvalue weighted by atomic mass is 16.7. The molecular formula is C76H93N33O6. The summed E-state index contributed by atoms with van der Waals surface area (Å²) in [6.45, 7) is 14.6. The Kier molecular flexibility index (Phi) is 23.9.